The highest BCUT2D eigenvalue weighted by atomic mass is 19.1. The molecule has 4 heteroatoms. The van der Waals surface area contributed by atoms with Crippen LogP contribution in [-0.2, 0) is 0 Å². The van der Waals surface area contributed by atoms with Crippen LogP contribution in [0.5, 0.6) is 5.75 Å². The van der Waals surface area contributed by atoms with Gasteiger partial charge in [-0.2, -0.15) is 0 Å². The van der Waals surface area contributed by atoms with E-state index in [1.165, 1.54) is 6.07 Å². The Morgan fingerprint density at radius 1 is 1.33 bits per heavy atom. The summed E-state index contributed by atoms with van der Waals surface area (Å²) in [5.41, 5.74) is 2.51. The zero-order valence-electron chi connectivity index (χ0n) is 12.7. The fourth-order valence-electron chi connectivity index (χ4n) is 2.39. The Balaban J connectivity index is 2.50. The van der Waals surface area contributed by atoms with Crippen LogP contribution in [-0.4, -0.2) is 18.6 Å². The molecular weight excluding hydrogens is 267 g/mol. The number of aromatic nitrogens is 1. The molecule has 0 aliphatic rings. The van der Waals surface area contributed by atoms with Gasteiger partial charge in [-0.15, -0.1) is 0 Å². The van der Waals surface area contributed by atoms with Crippen molar-refractivity contribution in [2.75, 3.05) is 13.7 Å². The fourth-order valence-corrected chi connectivity index (χ4v) is 2.39. The number of nitrogens with one attached hydrogen (secondary N) is 1. The van der Waals surface area contributed by atoms with Crippen molar-refractivity contribution in [2.45, 2.75) is 26.3 Å². The molecule has 2 rings (SSSR count). The maximum Gasteiger partial charge on any atom is 0.132 e. The van der Waals surface area contributed by atoms with Crippen LogP contribution in [0.15, 0.2) is 36.7 Å². The molecule has 0 amide bonds. The van der Waals surface area contributed by atoms with Gasteiger partial charge in [0.1, 0.15) is 11.6 Å². The van der Waals surface area contributed by atoms with E-state index >= 15 is 0 Å². The Labute approximate surface area is 125 Å². The molecule has 0 radical (unpaired) electrons. The molecule has 0 aliphatic heterocycles. The van der Waals surface area contributed by atoms with Crippen LogP contribution < -0.4 is 10.1 Å². The number of methoxy groups -OCH3 is 1. The quantitative estimate of drug-likeness (QED) is 0.881. The van der Waals surface area contributed by atoms with Crippen molar-refractivity contribution in [3.8, 4) is 5.75 Å². The Hall–Kier alpha value is -1.94. The Morgan fingerprint density at radius 2 is 2.14 bits per heavy atom. The van der Waals surface area contributed by atoms with E-state index in [0.29, 0.717) is 11.3 Å². The molecule has 0 saturated carbocycles. The molecule has 0 saturated heterocycles. The summed E-state index contributed by atoms with van der Waals surface area (Å²) < 4.78 is 19.7. The van der Waals surface area contributed by atoms with Crippen LogP contribution >= 0.6 is 0 Å². The minimum Gasteiger partial charge on any atom is -0.496 e. The van der Waals surface area contributed by atoms with Crippen molar-refractivity contribution in [2.24, 2.45) is 0 Å². The molecule has 3 nitrogen and oxygen atoms in total. The molecule has 0 spiro atoms. The Morgan fingerprint density at radius 3 is 2.81 bits per heavy atom. The van der Waals surface area contributed by atoms with Crippen molar-refractivity contribution in [3.63, 3.8) is 0 Å². The SMILES string of the molecule is CCCNC(c1cncc(C)c1)c1c(F)cccc1OC. The summed E-state index contributed by atoms with van der Waals surface area (Å²) in [4.78, 5) is 4.22. The van der Waals surface area contributed by atoms with Crippen LogP contribution in [0.3, 0.4) is 0 Å². The number of aryl methyl sites for hydroxylation is 1. The average molecular weight is 288 g/mol. The molecule has 2 aromatic rings. The summed E-state index contributed by atoms with van der Waals surface area (Å²) in [6, 6.07) is 6.65. The molecule has 1 unspecified atom stereocenters. The van der Waals surface area contributed by atoms with Gasteiger partial charge in [-0.05, 0) is 43.1 Å². The predicted octanol–water partition coefficient (Wildman–Crippen LogP) is 3.63. The zero-order valence-corrected chi connectivity index (χ0v) is 12.7. The van der Waals surface area contributed by atoms with E-state index in [1.54, 1.807) is 31.6 Å². The molecule has 0 aliphatic carbocycles. The monoisotopic (exact) mass is 288 g/mol. The molecule has 0 bridgehead atoms. The third-order valence-corrected chi connectivity index (χ3v) is 3.35. The van der Waals surface area contributed by atoms with Crippen LogP contribution in [0.2, 0.25) is 0 Å². The van der Waals surface area contributed by atoms with E-state index in [2.05, 4.69) is 17.2 Å². The van der Waals surface area contributed by atoms with Crippen LogP contribution in [0.4, 0.5) is 4.39 Å². The van der Waals surface area contributed by atoms with Crippen molar-refractivity contribution < 1.29 is 9.13 Å². The lowest BCUT2D eigenvalue weighted by molar-refractivity contribution is 0.396. The highest BCUT2D eigenvalue weighted by Gasteiger charge is 2.22. The van der Waals surface area contributed by atoms with E-state index in [-0.39, 0.29) is 11.9 Å². The van der Waals surface area contributed by atoms with Gasteiger partial charge in [0.15, 0.2) is 0 Å². The van der Waals surface area contributed by atoms with Crippen molar-refractivity contribution in [1.82, 2.24) is 10.3 Å². The summed E-state index contributed by atoms with van der Waals surface area (Å²) in [6.45, 7) is 4.85. The van der Waals surface area contributed by atoms with Gasteiger partial charge in [0.2, 0.25) is 0 Å². The predicted molar refractivity (Wildman–Crippen MR) is 82.1 cm³/mol. The number of pyridine rings is 1. The highest BCUT2D eigenvalue weighted by Crippen LogP contribution is 2.32. The van der Waals surface area contributed by atoms with E-state index in [0.717, 1.165) is 24.1 Å². The number of nitrogens with zero attached hydrogens (tertiary/aromatic N) is 1. The number of halogens is 1. The first-order valence-electron chi connectivity index (χ1n) is 7.14. The molecule has 1 aromatic carbocycles. The van der Waals surface area contributed by atoms with Crippen molar-refractivity contribution in [1.29, 1.82) is 0 Å². The molecule has 0 fully saturated rings. The second kappa shape index (κ2) is 7.18. The molecule has 112 valence electrons. The maximum absolute atomic E-state index is 14.4. The maximum atomic E-state index is 14.4. The minimum atomic E-state index is -0.274. The smallest absolute Gasteiger partial charge is 0.132 e. The van der Waals surface area contributed by atoms with Crippen LogP contribution in [0, 0.1) is 12.7 Å². The molecule has 1 heterocycles. The second-order valence-electron chi connectivity index (χ2n) is 5.04. The first-order valence-corrected chi connectivity index (χ1v) is 7.14. The summed E-state index contributed by atoms with van der Waals surface area (Å²) in [5.74, 6) is 0.273. The largest absolute Gasteiger partial charge is 0.496 e. The summed E-state index contributed by atoms with van der Waals surface area (Å²) in [7, 11) is 1.56. The average Bonchev–Trinajstić information content (AvgIpc) is 2.49. The Bertz CT molecular complexity index is 601. The first-order chi connectivity index (χ1) is 10.2. The van der Waals surface area contributed by atoms with Gasteiger partial charge in [0, 0.05) is 12.4 Å². The van der Waals surface area contributed by atoms with Gasteiger partial charge in [0.05, 0.1) is 18.7 Å². The lowest BCUT2D eigenvalue weighted by Crippen LogP contribution is -2.25. The number of ether oxygens (including phenoxy) is 1. The third kappa shape index (κ3) is 3.58. The summed E-state index contributed by atoms with van der Waals surface area (Å²) in [5, 5.41) is 3.38. The lowest BCUT2D eigenvalue weighted by Gasteiger charge is -2.22. The third-order valence-electron chi connectivity index (χ3n) is 3.35. The zero-order chi connectivity index (χ0) is 15.2. The van der Waals surface area contributed by atoms with Gasteiger partial charge >= 0.3 is 0 Å². The fraction of sp³-hybridized carbons (Fsp3) is 0.353. The second-order valence-corrected chi connectivity index (χ2v) is 5.04. The van der Waals surface area contributed by atoms with Gasteiger partial charge in [-0.3, -0.25) is 4.98 Å². The lowest BCUT2D eigenvalue weighted by atomic mass is 9.97. The van der Waals surface area contributed by atoms with E-state index in [1.807, 2.05) is 13.0 Å². The van der Waals surface area contributed by atoms with Crippen LogP contribution in [0.1, 0.15) is 36.1 Å². The van der Waals surface area contributed by atoms with E-state index in [9.17, 15) is 4.39 Å². The molecule has 1 N–H and O–H groups in total. The Kier molecular flexibility index (Phi) is 5.28. The van der Waals surface area contributed by atoms with Gasteiger partial charge in [-0.25, -0.2) is 4.39 Å². The number of rotatable bonds is 6. The van der Waals surface area contributed by atoms with Gasteiger partial charge < -0.3 is 10.1 Å². The van der Waals surface area contributed by atoms with Gasteiger partial charge in [0.25, 0.3) is 0 Å². The summed E-state index contributed by atoms with van der Waals surface area (Å²) >= 11 is 0. The molecule has 1 aromatic heterocycles. The molecule has 1 atom stereocenters. The van der Waals surface area contributed by atoms with Crippen molar-refractivity contribution >= 4 is 0 Å². The van der Waals surface area contributed by atoms with E-state index < -0.39 is 0 Å². The number of hydrogen-bond donors (Lipinski definition) is 1. The van der Waals surface area contributed by atoms with Crippen LogP contribution in [0.25, 0.3) is 0 Å². The number of benzene rings is 1. The van der Waals surface area contributed by atoms with E-state index in [4.69, 9.17) is 4.74 Å². The van der Waals surface area contributed by atoms with Crippen molar-refractivity contribution in [3.05, 3.63) is 59.2 Å². The van der Waals surface area contributed by atoms with Gasteiger partial charge in [-0.1, -0.05) is 19.1 Å². The first kappa shape index (κ1) is 15.4. The minimum absolute atomic E-state index is 0.270. The molecular formula is C17H21FN2O. The summed E-state index contributed by atoms with van der Waals surface area (Å²) in [6.07, 6.45) is 4.53. The number of hydrogen-bond acceptors (Lipinski definition) is 3. The standard InChI is InChI=1S/C17H21FN2O/c1-4-8-20-17(13-9-12(2)10-19-11-13)16-14(18)6-5-7-15(16)21-3/h5-7,9-11,17,20H,4,8H2,1-3H3. The molecule has 21 heavy (non-hydrogen) atoms. The highest BCUT2D eigenvalue weighted by molar-refractivity contribution is 5.42. The normalized spacial score (nSPS) is 12.2. The topological polar surface area (TPSA) is 34.2 Å².